The molecule has 0 saturated carbocycles. The first-order chi connectivity index (χ1) is 10.7. The molecule has 2 aromatic heterocycles. The van der Waals surface area contributed by atoms with Gasteiger partial charge in [-0.05, 0) is 25.0 Å². The summed E-state index contributed by atoms with van der Waals surface area (Å²) in [5.41, 5.74) is 1.15. The summed E-state index contributed by atoms with van der Waals surface area (Å²) in [6.07, 6.45) is 4.15. The van der Waals surface area contributed by atoms with E-state index in [4.69, 9.17) is 0 Å². The molecule has 3 heterocycles. The van der Waals surface area contributed by atoms with Crippen molar-refractivity contribution in [3.63, 3.8) is 0 Å². The molecule has 1 aliphatic heterocycles. The average Bonchev–Trinajstić information content (AvgIpc) is 3.17. The molecule has 5 nitrogen and oxygen atoms in total. The van der Waals surface area contributed by atoms with Gasteiger partial charge in [-0.2, -0.15) is 5.10 Å². The first-order valence-corrected chi connectivity index (χ1v) is 8.81. The van der Waals surface area contributed by atoms with E-state index in [0.717, 1.165) is 31.1 Å². The van der Waals surface area contributed by atoms with Crippen LogP contribution in [0.25, 0.3) is 0 Å². The van der Waals surface area contributed by atoms with Crippen molar-refractivity contribution in [1.29, 1.82) is 0 Å². The van der Waals surface area contributed by atoms with Crippen molar-refractivity contribution in [1.82, 2.24) is 20.5 Å². The van der Waals surface area contributed by atoms with Crippen molar-refractivity contribution < 1.29 is 0 Å². The maximum Gasteiger partial charge on any atom is 0.151 e. The van der Waals surface area contributed by atoms with Gasteiger partial charge >= 0.3 is 0 Å². The molecule has 0 radical (unpaired) electrons. The minimum Gasteiger partial charge on any atom is -0.351 e. The molecule has 1 aliphatic rings. The molecular weight excluding hydrogens is 294 g/mol. The maximum absolute atomic E-state index is 4.67. The Balaban J connectivity index is 1.52. The molecule has 0 amide bonds. The first-order valence-electron chi connectivity index (χ1n) is 7.93. The number of hydrogen-bond donors (Lipinski definition) is 1. The summed E-state index contributed by atoms with van der Waals surface area (Å²) in [5.74, 6) is 1.50. The van der Waals surface area contributed by atoms with Gasteiger partial charge in [-0.25, -0.2) is 4.98 Å². The minimum atomic E-state index is 0.500. The van der Waals surface area contributed by atoms with Crippen LogP contribution in [0.2, 0.25) is 0 Å². The second kappa shape index (κ2) is 7.15. The van der Waals surface area contributed by atoms with E-state index in [1.54, 1.807) is 17.5 Å². The summed E-state index contributed by atoms with van der Waals surface area (Å²) < 4.78 is 0. The third kappa shape index (κ3) is 3.62. The molecule has 1 saturated heterocycles. The number of thiazole rings is 1. The normalized spacial score (nSPS) is 18.3. The number of anilines is 1. The highest BCUT2D eigenvalue weighted by Crippen LogP contribution is 2.23. The fraction of sp³-hybridized carbons (Fsp3) is 0.562. The monoisotopic (exact) mass is 317 g/mol. The van der Waals surface area contributed by atoms with Crippen molar-refractivity contribution in [3.05, 3.63) is 34.4 Å². The van der Waals surface area contributed by atoms with Gasteiger partial charge < -0.3 is 10.2 Å². The summed E-state index contributed by atoms with van der Waals surface area (Å²) in [6.45, 7) is 7.25. The van der Waals surface area contributed by atoms with Gasteiger partial charge in [0.2, 0.25) is 0 Å². The Morgan fingerprint density at radius 1 is 1.45 bits per heavy atom. The summed E-state index contributed by atoms with van der Waals surface area (Å²) in [5, 5.41) is 15.2. The summed E-state index contributed by atoms with van der Waals surface area (Å²) in [7, 11) is 0. The van der Waals surface area contributed by atoms with Crippen LogP contribution in [0.1, 0.15) is 43.3 Å². The zero-order valence-corrected chi connectivity index (χ0v) is 14.0. The van der Waals surface area contributed by atoms with E-state index in [0.29, 0.717) is 12.0 Å². The van der Waals surface area contributed by atoms with Gasteiger partial charge in [0, 0.05) is 43.2 Å². The van der Waals surface area contributed by atoms with Crippen molar-refractivity contribution in [2.45, 2.75) is 45.2 Å². The molecule has 2 aromatic rings. The van der Waals surface area contributed by atoms with E-state index in [2.05, 4.69) is 44.6 Å². The molecule has 3 rings (SSSR count). The third-order valence-corrected chi connectivity index (χ3v) is 5.17. The Kier molecular flexibility index (Phi) is 5.00. The molecule has 6 heteroatoms. The third-order valence-electron chi connectivity index (χ3n) is 3.98. The van der Waals surface area contributed by atoms with E-state index >= 15 is 0 Å². The standard InChI is InChI=1S/C16H23N5S/c1-12(2)16-19-13(11-22-16)9-17-10-14-5-4-8-21(14)15-6-3-7-18-20-15/h3,6-7,11-12,14,17H,4-5,8-10H2,1-2H3. The van der Waals surface area contributed by atoms with Gasteiger partial charge in [-0.3, -0.25) is 0 Å². The highest BCUT2D eigenvalue weighted by molar-refractivity contribution is 7.09. The SMILES string of the molecule is CC(C)c1nc(CNCC2CCCN2c2cccnn2)cs1. The van der Waals surface area contributed by atoms with E-state index in [-0.39, 0.29) is 0 Å². The van der Waals surface area contributed by atoms with Crippen LogP contribution < -0.4 is 10.2 Å². The second-order valence-corrected chi connectivity index (χ2v) is 6.92. The lowest BCUT2D eigenvalue weighted by molar-refractivity contribution is 0.565. The number of rotatable bonds is 6. The van der Waals surface area contributed by atoms with Gasteiger partial charge in [-0.15, -0.1) is 16.4 Å². The van der Waals surface area contributed by atoms with Crippen LogP contribution >= 0.6 is 11.3 Å². The van der Waals surface area contributed by atoms with Gasteiger partial charge in [0.15, 0.2) is 5.82 Å². The first kappa shape index (κ1) is 15.4. The zero-order chi connectivity index (χ0) is 15.4. The highest BCUT2D eigenvalue weighted by atomic mass is 32.1. The molecule has 22 heavy (non-hydrogen) atoms. The van der Waals surface area contributed by atoms with Crippen LogP contribution in [-0.2, 0) is 6.54 Å². The summed E-state index contributed by atoms with van der Waals surface area (Å²) in [6, 6.07) is 4.49. The maximum atomic E-state index is 4.67. The second-order valence-electron chi connectivity index (χ2n) is 6.03. The molecule has 0 aromatic carbocycles. The fourth-order valence-electron chi connectivity index (χ4n) is 2.83. The Bertz CT molecular complexity index is 583. The van der Waals surface area contributed by atoms with Crippen LogP contribution in [-0.4, -0.2) is 34.3 Å². The van der Waals surface area contributed by atoms with Gasteiger partial charge in [0.05, 0.1) is 10.7 Å². The lowest BCUT2D eigenvalue weighted by atomic mass is 10.2. The summed E-state index contributed by atoms with van der Waals surface area (Å²) in [4.78, 5) is 7.03. The largest absolute Gasteiger partial charge is 0.351 e. The molecule has 0 aliphatic carbocycles. The lowest BCUT2D eigenvalue weighted by Gasteiger charge is -2.25. The van der Waals surface area contributed by atoms with Gasteiger partial charge in [-0.1, -0.05) is 13.8 Å². The molecule has 1 fully saturated rings. The quantitative estimate of drug-likeness (QED) is 0.888. The average molecular weight is 317 g/mol. The van der Waals surface area contributed by atoms with Gasteiger partial charge in [0.25, 0.3) is 0 Å². The van der Waals surface area contributed by atoms with Crippen molar-refractivity contribution in [3.8, 4) is 0 Å². The zero-order valence-electron chi connectivity index (χ0n) is 13.2. The van der Waals surface area contributed by atoms with Crippen LogP contribution in [0.15, 0.2) is 23.7 Å². The molecular formula is C16H23N5S. The molecule has 0 bridgehead atoms. The fourth-order valence-corrected chi connectivity index (χ4v) is 3.67. The number of nitrogens with one attached hydrogen (secondary N) is 1. The van der Waals surface area contributed by atoms with Gasteiger partial charge in [0.1, 0.15) is 0 Å². The van der Waals surface area contributed by atoms with E-state index in [1.165, 1.54) is 17.8 Å². The van der Waals surface area contributed by atoms with Crippen molar-refractivity contribution >= 4 is 17.2 Å². The molecule has 0 spiro atoms. The lowest BCUT2D eigenvalue weighted by Crippen LogP contribution is -2.38. The number of nitrogens with zero attached hydrogens (tertiary/aromatic N) is 4. The topological polar surface area (TPSA) is 53.9 Å². The molecule has 1 unspecified atom stereocenters. The van der Waals surface area contributed by atoms with Crippen LogP contribution in [0.4, 0.5) is 5.82 Å². The summed E-state index contributed by atoms with van der Waals surface area (Å²) >= 11 is 1.76. The Morgan fingerprint density at radius 3 is 3.09 bits per heavy atom. The van der Waals surface area contributed by atoms with E-state index < -0.39 is 0 Å². The molecule has 1 N–H and O–H groups in total. The molecule has 118 valence electrons. The van der Waals surface area contributed by atoms with Crippen LogP contribution in [0.3, 0.4) is 0 Å². The van der Waals surface area contributed by atoms with Crippen molar-refractivity contribution in [2.75, 3.05) is 18.0 Å². The molecule has 1 atom stereocenters. The smallest absolute Gasteiger partial charge is 0.151 e. The highest BCUT2D eigenvalue weighted by Gasteiger charge is 2.25. The van der Waals surface area contributed by atoms with Crippen molar-refractivity contribution in [2.24, 2.45) is 0 Å². The van der Waals surface area contributed by atoms with Crippen LogP contribution in [0.5, 0.6) is 0 Å². The Morgan fingerprint density at radius 2 is 2.36 bits per heavy atom. The minimum absolute atomic E-state index is 0.500. The Labute approximate surface area is 135 Å². The van der Waals surface area contributed by atoms with E-state index in [1.807, 2.05) is 12.1 Å². The van der Waals surface area contributed by atoms with Crippen LogP contribution in [0, 0.1) is 0 Å². The Hall–Kier alpha value is -1.53. The predicted octanol–water partition coefficient (Wildman–Crippen LogP) is 2.82. The number of hydrogen-bond acceptors (Lipinski definition) is 6. The predicted molar refractivity (Wildman–Crippen MR) is 90.3 cm³/mol. The number of aromatic nitrogens is 3. The van der Waals surface area contributed by atoms with E-state index in [9.17, 15) is 0 Å².